The predicted octanol–water partition coefficient (Wildman–Crippen LogP) is 2.83. The molecule has 0 saturated heterocycles. The Kier molecular flexibility index (Phi) is 3.98. The topological polar surface area (TPSA) is 67.5 Å². The molecule has 108 valence electrons. The standard InChI is InChI=1S/C15H10F2O4/c1-8-6-13(19)14(15(20)21-8)12(18)5-3-9-2-4-10(16)7-11(9)17/h2-7,19H,1H3/b5-3+. The molecule has 0 fully saturated rings. The highest BCUT2D eigenvalue weighted by Crippen LogP contribution is 2.17. The van der Waals surface area contributed by atoms with Gasteiger partial charge in [-0.25, -0.2) is 13.6 Å². The van der Waals surface area contributed by atoms with Crippen molar-refractivity contribution in [3.63, 3.8) is 0 Å². The van der Waals surface area contributed by atoms with Gasteiger partial charge in [-0.15, -0.1) is 0 Å². The van der Waals surface area contributed by atoms with Crippen molar-refractivity contribution in [2.24, 2.45) is 0 Å². The summed E-state index contributed by atoms with van der Waals surface area (Å²) in [6.07, 6.45) is 1.98. The lowest BCUT2D eigenvalue weighted by Gasteiger charge is -2.00. The second-order valence-corrected chi connectivity index (χ2v) is 4.27. The molecule has 6 heteroatoms. The van der Waals surface area contributed by atoms with Crippen LogP contribution < -0.4 is 5.63 Å². The van der Waals surface area contributed by atoms with Gasteiger partial charge in [-0.3, -0.25) is 4.79 Å². The Labute approximate surface area is 118 Å². The lowest BCUT2D eigenvalue weighted by molar-refractivity contribution is 0.104. The number of aryl methyl sites for hydroxylation is 1. The number of rotatable bonds is 3. The first-order chi connectivity index (χ1) is 9.88. The second kappa shape index (κ2) is 5.70. The number of hydrogen-bond acceptors (Lipinski definition) is 4. The number of halogens is 2. The first-order valence-electron chi connectivity index (χ1n) is 5.89. The van der Waals surface area contributed by atoms with E-state index in [0.29, 0.717) is 6.07 Å². The Hall–Kier alpha value is -2.76. The van der Waals surface area contributed by atoms with Gasteiger partial charge in [0.1, 0.15) is 28.7 Å². The molecule has 1 N–H and O–H groups in total. The molecule has 0 bridgehead atoms. The summed E-state index contributed by atoms with van der Waals surface area (Å²) in [5.41, 5.74) is -1.55. The maximum absolute atomic E-state index is 13.4. The van der Waals surface area contributed by atoms with Gasteiger partial charge in [0.15, 0.2) is 5.78 Å². The van der Waals surface area contributed by atoms with Crippen LogP contribution in [0.4, 0.5) is 8.78 Å². The maximum Gasteiger partial charge on any atom is 0.351 e. The van der Waals surface area contributed by atoms with Gasteiger partial charge in [0.05, 0.1) is 0 Å². The van der Waals surface area contributed by atoms with Crippen molar-refractivity contribution in [2.45, 2.75) is 6.92 Å². The summed E-state index contributed by atoms with van der Waals surface area (Å²) in [5, 5.41) is 9.59. The van der Waals surface area contributed by atoms with Crippen molar-refractivity contribution in [1.82, 2.24) is 0 Å². The first kappa shape index (κ1) is 14.6. The van der Waals surface area contributed by atoms with Crippen LogP contribution >= 0.6 is 0 Å². The summed E-state index contributed by atoms with van der Waals surface area (Å²) in [5.74, 6) is -2.79. The van der Waals surface area contributed by atoms with E-state index in [9.17, 15) is 23.5 Å². The van der Waals surface area contributed by atoms with Crippen molar-refractivity contribution in [3.8, 4) is 5.75 Å². The Morgan fingerprint density at radius 2 is 2.00 bits per heavy atom. The fraction of sp³-hybridized carbons (Fsp3) is 0.0667. The molecule has 1 heterocycles. The molecule has 21 heavy (non-hydrogen) atoms. The van der Waals surface area contributed by atoms with Gasteiger partial charge in [-0.1, -0.05) is 0 Å². The van der Waals surface area contributed by atoms with E-state index < -0.39 is 34.4 Å². The summed E-state index contributed by atoms with van der Waals surface area (Å²) in [6, 6.07) is 3.97. The third-order valence-corrected chi connectivity index (χ3v) is 2.68. The Morgan fingerprint density at radius 1 is 1.29 bits per heavy atom. The molecule has 0 saturated carbocycles. The normalized spacial score (nSPS) is 11.0. The van der Waals surface area contributed by atoms with E-state index in [-0.39, 0.29) is 11.3 Å². The Balaban J connectivity index is 2.34. The zero-order valence-corrected chi connectivity index (χ0v) is 10.9. The fourth-order valence-electron chi connectivity index (χ4n) is 1.71. The summed E-state index contributed by atoms with van der Waals surface area (Å²) in [7, 11) is 0. The number of benzene rings is 1. The molecule has 0 aliphatic rings. The monoisotopic (exact) mass is 292 g/mol. The van der Waals surface area contributed by atoms with Crippen molar-refractivity contribution in [1.29, 1.82) is 0 Å². The molecule has 1 aromatic carbocycles. The van der Waals surface area contributed by atoms with Crippen molar-refractivity contribution in [2.75, 3.05) is 0 Å². The highest BCUT2D eigenvalue weighted by atomic mass is 19.1. The van der Waals surface area contributed by atoms with Crippen LogP contribution in [0.2, 0.25) is 0 Å². The lowest BCUT2D eigenvalue weighted by Crippen LogP contribution is -2.13. The third-order valence-electron chi connectivity index (χ3n) is 2.68. The highest BCUT2D eigenvalue weighted by molar-refractivity contribution is 6.08. The molecule has 0 atom stereocenters. The zero-order chi connectivity index (χ0) is 15.6. The molecule has 0 unspecified atom stereocenters. The smallest absolute Gasteiger partial charge is 0.351 e. The van der Waals surface area contributed by atoms with E-state index >= 15 is 0 Å². The molecule has 2 aromatic rings. The minimum Gasteiger partial charge on any atom is -0.507 e. The van der Waals surface area contributed by atoms with Crippen LogP contribution in [0, 0.1) is 18.6 Å². The van der Waals surface area contributed by atoms with Gasteiger partial charge >= 0.3 is 5.63 Å². The first-order valence-corrected chi connectivity index (χ1v) is 5.89. The largest absolute Gasteiger partial charge is 0.507 e. The minimum absolute atomic E-state index is 0.0271. The van der Waals surface area contributed by atoms with Crippen molar-refractivity contribution >= 4 is 11.9 Å². The molecule has 0 aliphatic carbocycles. The maximum atomic E-state index is 13.4. The molecule has 0 spiro atoms. The van der Waals surface area contributed by atoms with Gasteiger partial charge < -0.3 is 9.52 Å². The van der Waals surface area contributed by atoms with E-state index in [1.807, 2.05) is 0 Å². The van der Waals surface area contributed by atoms with Crippen LogP contribution in [-0.2, 0) is 0 Å². The summed E-state index contributed by atoms with van der Waals surface area (Å²) in [4.78, 5) is 23.4. The van der Waals surface area contributed by atoms with Gasteiger partial charge in [0, 0.05) is 17.7 Å². The van der Waals surface area contributed by atoms with Crippen molar-refractivity contribution in [3.05, 3.63) is 69.3 Å². The Bertz CT molecular complexity index is 791. The van der Waals surface area contributed by atoms with E-state index in [1.54, 1.807) is 0 Å². The number of allylic oxidation sites excluding steroid dienone is 1. The molecule has 1 aromatic heterocycles. The Morgan fingerprint density at radius 3 is 2.62 bits per heavy atom. The van der Waals surface area contributed by atoms with Gasteiger partial charge in [-0.2, -0.15) is 0 Å². The van der Waals surface area contributed by atoms with Crippen LogP contribution in [0.15, 0.2) is 39.6 Å². The van der Waals surface area contributed by atoms with Crippen molar-refractivity contribution < 1.29 is 23.1 Å². The van der Waals surface area contributed by atoms with Crippen LogP contribution in [0.3, 0.4) is 0 Å². The predicted molar refractivity (Wildman–Crippen MR) is 71.1 cm³/mol. The molecule has 2 rings (SSSR count). The fourth-order valence-corrected chi connectivity index (χ4v) is 1.71. The second-order valence-electron chi connectivity index (χ2n) is 4.27. The highest BCUT2D eigenvalue weighted by Gasteiger charge is 2.16. The van der Waals surface area contributed by atoms with E-state index in [1.165, 1.54) is 6.92 Å². The van der Waals surface area contributed by atoms with E-state index in [4.69, 9.17) is 4.42 Å². The van der Waals surface area contributed by atoms with Crippen LogP contribution in [0.25, 0.3) is 6.08 Å². The van der Waals surface area contributed by atoms with Gasteiger partial charge in [-0.05, 0) is 31.2 Å². The number of carbonyl (C=O) groups is 1. The average molecular weight is 292 g/mol. The SMILES string of the molecule is Cc1cc(O)c(C(=O)/C=C/c2ccc(F)cc2F)c(=O)o1. The molecule has 4 nitrogen and oxygen atoms in total. The number of aromatic hydroxyl groups is 1. The number of hydrogen-bond donors (Lipinski definition) is 1. The summed E-state index contributed by atoms with van der Waals surface area (Å²) >= 11 is 0. The van der Waals surface area contributed by atoms with Crippen LogP contribution in [-0.4, -0.2) is 10.9 Å². The molecular formula is C15H10F2O4. The van der Waals surface area contributed by atoms with Crippen LogP contribution in [0.5, 0.6) is 5.75 Å². The molecule has 0 aliphatic heterocycles. The van der Waals surface area contributed by atoms with E-state index in [0.717, 1.165) is 30.4 Å². The summed E-state index contributed by atoms with van der Waals surface area (Å²) < 4.78 is 30.8. The van der Waals surface area contributed by atoms with Crippen LogP contribution in [0.1, 0.15) is 21.7 Å². The molecule has 0 radical (unpaired) electrons. The summed E-state index contributed by atoms with van der Waals surface area (Å²) in [6.45, 7) is 1.44. The minimum atomic E-state index is -0.985. The zero-order valence-electron chi connectivity index (χ0n) is 10.9. The number of carbonyl (C=O) groups excluding carboxylic acids is 1. The average Bonchev–Trinajstić information content (AvgIpc) is 2.36. The molecule has 0 amide bonds. The molecular weight excluding hydrogens is 282 g/mol. The quantitative estimate of drug-likeness (QED) is 0.697. The van der Waals surface area contributed by atoms with Gasteiger partial charge in [0.2, 0.25) is 0 Å². The number of ketones is 1. The van der Waals surface area contributed by atoms with E-state index in [2.05, 4.69) is 0 Å². The lowest BCUT2D eigenvalue weighted by atomic mass is 10.1. The third kappa shape index (κ3) is 3.22. The van der Waals surface area contributed by atoms with Gasteiger partial charge in [0.25, 0.3) is 0 Å².